The number of amides is 2. The number of fused-ring (bicyclic) bond motifs is 2. The Morgan fingerprint density at radius 2 is 2.38 bits per heavy atom. The molecular formula is C16H17N4O4S2+. The molecule has 0 spiro atoms. The zero-order valence-electron chi connectivity index (χ0n) is 13.9. The predicted octanol–water partition coefficient (Wildman–Crippen LogP) is 0.739. The van der Waals surface area contributed by atoms with Crippen LogP contribution in [0.5, 0.6) is 0 Å². The molecule has 1 saturated heterocycles. The van der Waals surface area contributed by atoms with E-state index in [1.165, 1.54) is 4.90 Å². The summed E-state index contributed by atoms with van der Waals surface area (Å²) in [5.41, 5.74) is 0.809. The summed E-state index contributed by atoms with van der Waals surface area (Å²) >= 11 is 3.16. The van der Waals surface area contributed by atoms with E-state index in [0.717, 1.165) is 10.7 Å². The molecule has 136 valence electrons. The number of rotatable bonds is 6. The van der Waals surface area contributed by atoms with E-state index in [0.29, 0.717) is 30.7 Å². The van der Waals surface area contributed by atoms with E-state index in [1.807, 2.05) is 33.7 Å². The SMILES string of the molecule is C[C@H](NC=O)c1n2ccsc2c[n+]1CC1=C(C(=O)O)N2C(=O)C[C@@H]2SC1. The topological polar surface area (TPSA) is 95.0 Å². The molecule has 0 saturated carbocycles. The molecule has 2 amide bonds. The van der Waals surface area contributed by atoms with Gasteiger partial charge in [-0.05, 0) is 6.92 Å². The molecule has 2 aromatic rings. The minimum absolute atomic E-state index is 0.0602. The van der Waals surface area contributed by atoms with Gasteiger partial charge in [-0.25, -0.2) is 9.36 Å². The fraction of sp³-hybridized carbons (Fsp3) is 0.375. The van der Waals surface area contributed by atoms with Crippen molar-refractivity contribution in [3.8, 4) is 0 Å². The lowest BCUT2D eigenvalue weighted by molar-refractivity contribution is -0.696. The summed E-state index contributed by atoms with van der Waals surface area (Å²) in [6.45, 7) is 2.24. The molecule has 0 unspecified atom stereocenters. The molecule has 4 rings (SSSR count). The van der Waals surface area contributed by atoms with Crippen molar-refractivity contribution in [3.05, 3.63) is 34.9 Å². The summed E-state index contributed by atoms with van der Waals surface area (Å²) < 4.78 is 3.94. The summed E-state index contributed by atoms with van der Waals surface area (Å²) in [4.78, 5) is 37.0. The van der Waals surface area contributed by atoms with Gasteiger partial charge in [0.2, 0.25) is 17.1 Å². The summed E-state index contributed by atoms with van der Waals surface area (Å²) in [5.74, 6) is 0.214. The van der Waals surface area contributed by atoms with Crippen molar-refractivity contribution in [1.29, 1.82) is 0 Å². The van der Waals surface area contributed by atoms with Crippen molar-refractivity contribution in [2.24, 2.45) is 0 Å². The number of carbonyl (C=O) groups is 3. The van der Waals surface area contributed by atoms with Gasteiger partial charge in [0.1, 0.15) is 30.7 Å². The zero-order valence-corrected chi connectivity index (χ0v) is 15.5. The highest BCUT2D eigenvalue weighted by Gasteiger charge is 2.45. The van der Waals surface area contributed by atoms with Gasteiger partial charge >= 0.3 is 5.97 Å². The molecular weight excluding hydrogens is 376 g/mol. The number of carboxylic acids is 1. The highest BCUT2D eigenvalue weighted by molar-refractivity contribution is 8.00. The molecule has 2 N–H and O–H groups in total. The van der Waals surface area contributed by atoms with Crippen LogP contribution in [0.1, 0.15) is 25.2 Å². The Morgan fingerprint density at radius 3 is 3.08 bits per heavy atom. The number of hydrogen-bond acceptors (Lipinski definition) is 5. The second-order valence-corrected chi connectivity index (χ2v) is 8.32. The Bertz CT molecular complexity index is 947. The third-order valence-electron chi connectivity index (χ3n) is 4.64. The predicted molar refractivity (Wildman–Crippen MR) is 95.5 cm³/mol. The van der Waals surface area contributed by atoms with E-state index in [2.05, 4.69) is 5.32 Å². The second kappa shape index (κ2) is 6.44. The summed E-state index contributed by atoms with van der Waals surface area (Å²) in [6.07, 6.45) is 4.92. The van der Waals surface area contributed by atoms with Gasteiger partial charge in [-0.15, -0.1) is 11.8 Å². The lowest BCUT2D eigenvalue weighted by atomic mass is 10.1. The monoisotopic (exact) mass is 393 g/mol. The molecule has 2 aliphatic heterocycles. The van der Waals surface area contributed by atoms with Gasteiger partial charge < -0.3 is 10.4 Å². The minimum atomic E-state index is -1.07. The van der Waals surface area contributed by atoms with Crippen LogP contribution in [0, 0.1) is 0 Å². The first kappa shape index (κ1) is 17.1. The lowest BCUT2D eigenvalue weighted by Gasteiger charge is -2.43. The highest BCUT2D eigenvalue weighted by Crippen LogP contribution is 2.40. The maximum atomic E-state index is 11.9. The van der Waals surface area contributed by atoms with Crippen LogP contribution >= 0.6 is 23.1 Å². The van der Waals surface area contributed by atoms with Gasteiger partial charge in [0.05, 0.1) is 11.8 Å². The third kappa shape index (κ3) is 2.60. The Labute approximate surface area is 157 Å². The molecule has 0 aromatic carbocycles. The first-order valence-electron chi connectivity index (χ1n) is 8.07. The maximum Gasteiger partial charge on any atom is 0.352 e. The van der Waals surface area contributed by atoms with Gasteiger partial charge in [0.25, 0.3) is 5.82 Å². The van der Waals surface area contributed by atoms with Crippen LogP contribution in [0.15, 0.2) is 29.0 Å². The van der Waals surface area contributed by atoms with E-state index in [4.69, 9.17) is 0 Å². The van der Waals surface area contributed by atoms with Crippen molar-refractivity contribution in [1.82, 2.24) is 14.6 Å². The summed E-state index contributed by atoms with van der Waals surface area (Å²) in [5, 5.41) is 14.3. The molecule has 10 heteroatoms. The fourth-order valence-electron chi connectivity index (χ4n) is 3.48. The van der Waals surface area contributed by atoms with Crippen LogP contribution in [0.25, 0.3) is 4.83 Å². The Balaban J connectivity index is 1.76. The first-order valence-corrected chi connectivity index (χ1v) is 10.0. The molecule has 4 heterocycles. The number of nitrogens with one attached hydrogen (secondary N) is 1. The van der Waals surface area contributed by atoms with Gasteiger partial charge in [-0.2, -0.15) is 4.40 Å². The number of carboxylic acid groups (broad SMARTS) is 1. The lowest BCUT2D eigenvalue weighted by Crippen LogP contribution is -2.55. The number of imidazole rings is 1. The highest BCUT2D eigenvalue weighted by atomic mass is 32.2. The zero-order chi connectivity index (χ0) is 18.4. The smallest absolute Gasteiger partial charge is 0.352 e. The molecule has 0 radical (unpaired) electrons. The van der Waals surface area contributed by atoms with E-state index in [1.54, 1.807) is 23.1 Å². The molecule has 2 atom stereocenters. The molecule has 2 aromatic heterocycles. The van der Waals surface area contributed by atoms with Crippen molar-refractivity contribution in [2.75, 3.05) is 5.75 Å². The largest absolute Gasteiger partial charge is 0.477 e. The Hall–Kier alpha value is -2.33. The van der Waals surface area contributed by atoms with E-state index >= 15 is 0 Å². The van der Waals surface area contributed by atoms with Crippen molar-refractivity contribution < 1.29 is 24.1 Å². The average Bonchev–Trinajstić information content (AvgIpc) is 3.15. The van der Waals surface area contributed by atoms with Crippen LogP contribution in [0.4, 0.5) is 0 Å². The van der Waals surface area contributed by atoms with Crippen LogP contribution in [-0.4, -0.2) is 43.8 Å². The van der Waals surface area contributed by atoms with Crippen LogP contribution in [-0.2, 0) is 20.9 Å². The van der Waals surface area contributed by atoms with Gasteiger partial charge in [-0.1, -0.05) is 11.3 Å². The quantitative estimate of drug-likeness (QED) is 0.429. The van der Waals surface area contributed by atoms with E-state index in [9.17, 15) is 19.5 Å². The van der Waals surface area contributed by atoms with Crippen LogP contribution < -0.4 is 9.88 Å². The average molecular weight is 393 g/mol. The summed E-state index contributed by atoms with van der Waals surface area (Å²) in [6, 6.07) is -0.242. The van der Waals surface area contributed by atoms with Crippen LogP contribution in [0.3, 0.4) is 0 Å². The standard InChI is InChI=1S/C16H16N4O4S2/c1-9(17-8-21)15-18(6-13-19(15)2-3-25-13)5-10-7-26-12-4-11(22)20(12)14(10)16(23)24/h2-3,6,8-9,12H,4-5,7H2,1H3,(H-,17,21,23,24)/p+1/t9-,12-/m0/s1. The van der Waals surface area contributed by atoms with Gasteiger partial charge in [0.15, 0.2) is 0 Å². The number of aromatic nitrogens is 2. The number of β-lactam (4-membered cyclic amide) rings is 1. The Morgan fingerprint density at radius 1 is 1.58 bits per heavy atom. The second-order valence-electron chi connectivity index (χ2n) is 6.22. The minimum Gasteiger partial charge on any atom is -0.477 e. The molecule has 26 heavy (non-hydrogen) atoms. The maximum absolute atomic E-state index is 11.9. The number of nitrogens with zero attached hydrogens (tertiary/aromatic N) is 3. The van der Waals surface area contributed by atoms with E-state index in [-0.39, 0.29) is 23.0 Å². The molecule has 0 bridgehead atoms. The third-order valence-corrected chi connectivity index (χ3v) is 6.72. The van der Waals surface area contributed by atoms with E-state index < -0.39 is 5.97 Å². The normalized spacial score (nSPS) is 20.7. The van der Waals surface area contributed by atoms with Gasteiger partial charge in [-0.3, -0.25) is 14.5 Å². The van der Waals surface area contributed by atoms with Crippen LogP contribution in [0.2, 0.25) is 0 Å². The molecule has 0 aliphatic carbocycles. The van der Waals surface area contributed by atoms with Crippen molar-refractivity contribution >= 4 is 46.2 Å². The summed E-state index contributed by atoms with van der Waals surface area (Å²) in [7, 11) is 0. The fourth-order valence-corrected chi connectivity index (χ4v) is 5.51. The van der Waals surface area contributed by atoms with Crippen molar-refractivity contribution in [3.63, 3.8) is 0 Å². The Kier molecular flexibility index (Phi) is 4.23. The molecule has 2 aliphatic rings. The molecule has 8 nitrogen and oxygen atoms in total. The molecule has 1 fully saturated rings. The number of hydrogen-bond donors (Lipinski definition) is 2. The number of aliphatic carboxylic acids is 1. The van der Waals surface area contributed by atoms with Gasteiger partial charge in [0, 0.05) is 16.7 Å². The number of thiazole rings is 1. The number of carbonyl (C=O) groups excluding carboxylic acids is 2. The number of thioether (sulfide) groups is 1. The first-order chi connectivity index (χ1) is 12.5. The van der Waals surface area contributed by atoms with Crippen molar-refractivity contribution in [2.45, 2.75) is 31.3 Å².